The first-order chi connectivity index (χ1) is 14.5. The molecule has 168 valence electrons. The first-order valence-electron chi connectivity index (χ1n) is 9.57. The first kappa shape index (κ1) is 23.2. The predicted octanol–water partition coefficient (Wildman–Crippen LogP) is 1.43. The summed E-state index contributed by atoms with van der Waals surface area (Å²) in [6.07, 6.45) is 0.902. The molecule has 2 aromatic carbocycles. The second-order valence-electron chi connectivity index (χ2n) is 7.32. The molecule has 2 aromatic rings. The smallest absolute Gasteiger partial charge is 0.243 e. The maximum atomic E-state index is 14.1. The van der Waals surface area contributed by atoms with Crippen molar-refractivity contribution < 1.29 is 26.0 Å². The molecule has 1 aliphatic rings. The minimum Gasteiger partial charge on any atom is -0.338 e. The lowest BCUT2D eigenvalue weighted by Gasteiger charge is -2.35. The summed E-state index contributed by atoms with van der Waals surface area (Å²) < 4.78 is 66.1. The van der Waals surface area contributed by atoms with Gasteiger partial charge in [0.1, 0.15) is 12.4 Å². The van der Waals surface area contributed by atoms with Gasteiger partial charge in [-0.2, -0.15) is 4.31 Å². The van der Waals surface area contributed by atoms with Gasteiger partial charge in [0.2, 0.25) is 26.0 Å². The molecule has 1 heterocycles. The van der Waals surface area contributed by atoms with Crippen molar-refractivity contribution in [3.63, 3.8) is 0 Å². The van der Waals surface area contributed by atoms with Gasteiger partial charge in [-0.15, -0.1) is 0 Å². The third-order valence-electron chi connectivity index (χ3n) is 5.05. The molecule has 0 atom stereocenters. The lowest BCUT2D eigenvalue weighted by molar-refractivity contribution is -0.130. The van der Waals surface area contributed by atoms with Crippen LogP contribution in [0.15, 0.2) is 53.4 Å². The Morgan fingerprint density at radius 2 is 1.55 bits per heavy atom. The van der Waals surface area contributed by atoms with Crippen molar-refractivity contribution in [2.24, 2.45) is 0 Å². The molecular formula is C20H24FN3O5S2. The number of hydrogen-bond donors (Lipinski definition) is 0. The number of carbonyl (C=O) groups is 1. The molecule has 0 aromatic heterocycles. The summed E-state index contributed by atoms with van der Waals surface area (Å²) in [6.45, 7) is 1.69. The molecule has 1 fully saturated rings. The van der Waals surface area contributed by atoms with Crippen LogP contribution in [0, 0.1) is 12.7 Å². The second-order valence-corrected chi connectivity index (χ2v) is 11.2. The van der Waals surface area contributed by atoms with Crippen molar-refractivity contribution in [2.75, 3.05) is 43.3 Å². The van der Waals surface area contributed by atoms with Crippen LogP contribution in [0.25, 0.3) is 0 Å². The van der Waals surface area contributed by atoms with Crippen molar-refractivity contribution in [3.8, 4) is 0 Å². The number of hydrogen-bond acceptors (Lipinski definition) is 5. The molecule has 0 saturated carbocycles. The number of aryl methyl sites for hydroxylation is 1. The van der Waals surface area contributed by atoms with Crippen LogP contribution in [-0.2, 0) is 24.8 Å². The Bertz CT molecular complexity index is 1160. The van der Waals surface area contributed by atoms with E-state index in [-0.39, 0.29) is 36.8 Å². The monoisotopic (exact) mass is 469 g/mol. The quantitative estimate of drug-likeness (QED) is 0.638. The van der Waals surface area contributed by atoms with E-state index in [1.54, 1.807) is 24.3 Å². The van der Waals surface area contributed by atoms with Gasteiger partial charge in [-0.05, 0) is 31.2 Å². The molecule has 0 spiro atoms. The van der Waals surface area contributed by atoms with Crippen molar-refractivity contribution in [2.45, 2.75) is 11.8 Å². The van der Waals surface area contributed by atoms with E-state index in [2.05, 4.69) is 0 Å². The van der Waals surface area contributed by atoms with Gasteiger partial charge in [-0.1, -0.05) is 29.8 Å². The molecule has 0 radical (unpaired) electrons. The number of anilines is 1. The van der Waals surface area contributed by atoms with Crippen LogP contribution in [-0.4, -0.2) is 70.9 Å². The zero-order chi connectivity index (χ0) is 22.8. The van der Waals surface area contributed by atoms with Gasteiger partial charge in [0.25, 0.3) is 0 Å². The van der Waals surface area contributed by atoms with E-state index < -0.39 is 38.3 Å². The molecule has 11 heteroatoms. The fourth-order valence-corrected chi connectivity index (χ4v) is 5.57. The highest BCUT2D eigenvalue weighted by atomic mass is 32.2. The van der Waals surface area contributed by atoms with Crippen molar-refractivity contribution in [1.82, 2.24) is 9.21 Å². The molecule has 3 rings (SSSR count). The Hall–Kier alpha value is -2.50. The molecule has 0 N–H and O–H groups in total. The number of rotatable bonds is 6. The maximum Gasteiger partial charge on any atom is 0.243 e. The zero-order valence-corrected chi connectivity index (χ0v) is 18.9. The SMILES string of the molecule is Cc1ccc(S(=O)(=O)N2CCN(C(=O)CN(c3ccccc3F)S(C)(=O)=O)CC2)cc1. The van der Waals surface area contributed by atoms with E-state index >= 15 is 0 Å². The predicted molar refractivity (Wildman–Crippen MR) is 115 cm³/mol. The Labute approximate surface area is 182 Å². The van der Waals surface area contributed by atoms with E-state index in [1.165, 1.54) is 27.4 Å². The summed E-state index contributed by atoms with van der Waals surface area (Å²) in [5, 5.41) is 0. The lowest BCUT2D eigenvalue weighted by Crippen LogP contribution is -2.53. The van der Waals surface area contributed by atoms with Crippen LogP contribution in [0.3, 0.4) is 0 Å². The van der Waals surface area contributed by atoms with Crippen molar-refractivity contribution >= 4 is 31.6 Å². The summed E-state index contributed by atoms with van der Waals surface area (Å²) in [6, 6.07) is 11.8. The van der Waals surface area contributed by atoms with Crippen LogP contribution in [0.4, 0.5) is 10.1 Å². The number of para-hydroxylation sites is 1. The van der Waals surface area contributed by atoms with E-state index in [0.717, 1.165) is 22.2 Å². The zero-order valence-electron chi connectivity index (χ0n) is 17.2. The standard InChI is InChI=1S/C20H24FN3O5S2/c1-16-7-9-17(10-8-16)31(28,29)23-13-11-22(12-14-23)20(25)15-24(30(2,26)27)19-6-4-3-5-18(19)21/h3-10H,11-15H2,1-2H3. The van der Waals surface area contributed by atoms with Crippen LogP contribution in [0.1, 0.15) is 5.56 Å². The summed E-state index contributed by atoms with van der Waals surface area (Å²) in [7, 11) is -7.59. The molecule has 1 amide bonds. The molecule has 1 saturated heterocycles. The molecule has 0 unspecified atom stereocenters. The van der Waals surface area contributed by atoms with Gasteiger partial charge in [0.15, 0.2) is 0 Å². The van der Waals surface area contributed by atoms with Gasteiger partial charge >= 0.3 is 0 Å². The summed E-state index contributed by atoms with van der Waals surface area (Å²) in [5.74, 6) is -1.28. The first-order valence-corrected chi connectivity index (χ1v) is 12.9. The number of piperazine rings is 1. The summed E-state index contributed by atoms with van der Waals surface area (Å²) >= 11 is 0. The number of halogens is 1. The minimum atomic E-state index is -3.91. The topological polar surface area (TPSA) is 95.1 Å². The van der Waals surface area contributed by atoms with E-state index in [9.17, 15) is 26.0 Å². The number of nitrogens with zero attached hydrogens (tertiary/aromatic N) is 3. The van der Waals surface area contributed by atoms with Crippen molar-refractivity contribution in [1.29, 1.82) is 0 Å². The second kappa shape index (κ2) is 8.93. The van der Waals surface area contributed by atoms with Crippen LogP contribution in [0.2, 0.25) is 0 Å². The Kier molecular flexibility index (Phi) is 6.68. The van der Waals surface area contributed by atoms with E-state index in [0.29, 0.717) is 0 Å². The third-order valence-corrected chi connectivity index (χ3v) is 8.09. The number of sulfonamides is 2. The Balaban J connectivity index is 1.69. The summed E-state index contributed by atoms with van der Waals surface area (Å²) in [5.41, 5.74) is 0.735. The summed E-state index contributed by atoms with van der Waals surface area (Å²) in [4.78, 5) is 14.3. The highest BCUT2D eigenvalue weighted by molar-refractivity contribution is 7.92. The molecule has 8 nitrogen and oxygen atoms in total. The minimum absolute atomic E-state index is 0.0839. The Morgan fingerprint density at radius 3 is 2.10 bits per heavy atom. The molecule has 0 aliphatic carbocycles. The number of benzene rings is 2. The van der Waals surface area contributed by atoms with Crippen LogP contribution < -0.4 is 4.31 Å². The molecule has 0 bridgehead atoms. The maximum absolute atomic E-state index is 14.1. The van der Waals surface area contributed by atoms with E-state index in [4.69, 9.17) is 0 Å². The number of amides is 1. The Morgan fingerprint density at radius 1 is 0.968 bits per heavy atom. The average molecular weight is 470 g/mol. The lowest BCUT2D eigenvalue weighted by atomic mass is 10.2. The van der Waals surface area contributed by atoms with Gasteiger partial charge in [0.05, 0.1) is 16.8 Å². The molecule has 1 aliphatic heterocycles. The van der Waals surface area contributed by atoms with Gasteiger partial charge < -0.3 is 4.90 Å². The highest BCUT2D eigenvalue weighted by Gasteiger charge is 2.32. The highest BCUT2D eigenvalue weighted by Crippen LogP contribution is 2.22. The van der Waals surface area contributed by atoms with E-state index in [1.807, 2.05) is 6.92 Å². The number of carbonyl (C=O) groups excluding carboxylic acids is 1. The largest absolute Gasteiger partial charge is 0.338 e. The van der Waals surface area contributed by atoms with Crippen molar-refractivity contribution in [3.05, 3.63) is 59.9 Å². The molecule has 31 heavy (non-hydrogen) atoms. The van der Waals surface area contributed by atoms with Crippen LogP contribution in [0.5, 0.6) is 0 Å². The van der Waals surface area contributed by atoms with Crippen LogP contribution >= 0.6 is 0 Å². The van der Waals surface area contributed by atoms with Gasteiger partial charge in [-0.25, -0.2) is 21.2 Å². The average Bonchev–Trinajstić information content (AvgIpc) is 2.72. The van der Waals surface area contributed by atoms with Gasteiger partial charge in [-0.3, -0.25) is 9.10 Å². The molecular weight excluding hydrogens is 445 g/mol. The van der Waals surface area contributed by atoms with Gasteiger partial charge in [0, 0.05) is 26.2 Å². The normalized spacial score (nSPS) is 15.6. The fraction of sp³-hybridized carbons (Fsp3) is 0.350. The fourth-order valence-electron chi connectivity index (χ4n) is 3.30. The third kappa shape index (κ3) is 5.23.